The van der Waals surface area contributed by atoms with Crippen molar-refractivity contribution in [1.29, 1.82) is 0 Å². The number of sulfone groups is 1. The lowest BCUT2D eigenvalue weighted by Gasteiger charge is -2.26. The summed E-state index contributed by atoms with van der Waals surface area (Å²) >= 11 is 0. The number of hydrogen-bond donors (Lipinski definition) is 1. The lowest BCUT2D eigenvalue weighted by Crippen LogP contribution is -2.44. The Morgan fingerprint density at radius 1 is 1.04 bits per heavy atom. The third kappa shape index (κ3) is 5.17. The summed E-state index contributed by atoms with van der Waals surface area (Å²) in [6.45, 7) is 2.34. The molecule has 0 saturated carbocycles. The molecule has 1 fully saturated rings. The van der Waals surface area contributed by atoms with Gasteiger partial charge in [0, 0.05) is 44.3 Å². The molecule has 0 bridgehead atoms. The van der Waals surface area contributed by atoms with E-state index in [2.05, 4.69) is 10.2 Å². The van der Waals surface area contributed by atoms with E-state index in [9.17, 15) is 13.2 Å². The van der Waals surface area contributed by atoms with E-state index in [1.54, 1.807) is 0 Å². The molecule has 1 amide bonds. The molecular formula is C18H23N3O3S. The second kappa shape index (κ2) is 7.84. The van der Waals surface area contributed by atoms with Crippen LogP contribution in [-0.4, -0.2) is 61.5 Å². The molecule has 1 saturated heterocycles. The van der Waals surface area contributed by atoms with Gasteiger partial charge in [-0.2, -0.15) is 0 Å². The Morgan fingerprint density at radius 3 is 2.32 bits per heavy atom. The van der Waals surface area contributed by atoms with Crippen molar-refractivity contribution >= 4 is 15.7 Å². The maximum absolute atomic E-state index is 12.0. The Hall–Kier alpha value is -2.12. The van der Waals surface area contributed by atoms with Crippen LogP contribution >= 0.6 is 0 Å². The van der Waals surface area contributed by atoms with Crippen molar-refractivity contribution in [3.05, 3.63) is 54.4 Å². The van der Waals surface area contributed by atoms with Crippen LogP contribution in [0, 0.1) is 0 Å². The number of carbonyl (C=O) groups is 1. The minimum Gasteiger partial charge on any atom is -0.355 e. The Labute approximate surface area is 148 Å². The van der Waals surface area contributed by atoms with Crippen LogP contribution in [0.25, 0.3) is 5.69 Å². The molecule has 1 aliphatic heterocycles. The van der Waals surface area contributed by atoms with Gasteiger partial charge >= 0.3 is 0 Å². The van der Waals surface area contributed by atoms with Gasteiger partial charge in [0.15, 0.2) is 9.84 Å². The number of rotatable bonds is 6. The maximum atomic E-state index is 12.0. The van der Waals surface area contributed by atoms with Crippen molar-refractivity contribution in [3.8, 4) is 5.69 Å². The first-order valence-corrected chi connectivity index (χ1v) is 10.3. The molecule has 1 N–H and O–H groups in total. The Balaban J connectivity index is 1.40. The molecule has 7 heteroatoms. The van der Waals surface area contributed by atoms with Crippen LogP contribution in [0.15, 0.2) is 48.8 Å². The molecule has 0 spiro atoms. The monoisotopic (exact) mass is 361 g/mol. The van der Waals surface area contributed by atoms with Crippen molar-refractivity contribution < 1.29 is 13.2 Å². The van der Waals surface area contributed by atoms with Gasteiger partial charge in [-0.25, -0.2) is 8.42 Å². The van der Waals surface area contributed by atoms with E-state index < -0.39 is 9.84 Å². The predicted octanol–water partition coefficient (Wildman–Crippen LogP) is 0.866. The fourth-order valence-corrected chi connectivity index (χ4v) is 4.14. The van der Waals surface area contributed by atoms with Gasteiger partial charge in [-0.05, 0) is 29.8 Å². The summed E-state index contributed by atoms with van der Waals surface area (Å²) in [6, 6.07) is 11.9. The highest BCUT2D eigenvalue weighted by molar-refractivity contribution is 7.91. The quantitative estimate of drug-likeness (QED) is 0.829. The number of benzene rings is 1. The van der Waals surface area contributed by atoms with Crippen molar-refractivity contribution in [3.63, 3.8) is 0 Å². The highest BCUT2D eigenvalue weighted by atomic mass is 32.2. The molecule has 0 aliphatic carbocycles. The second-order valence-corrected chi connectivity index (χ2v) is 8.58. The van der Waals surface area contributed by atoms with Gasteiger partial charge in [0.25, 0.3) is 0 Å². The normalized spacial score (nSPS) is 17.3. The summed E-state index contributed by atoms with van der Waals surface area (Å²) in [5.41, 5.74) is 2.03. The Kier molecular flexibility index (Phi) is 5.55. The van der Waals surface area contributed by atoms with Crippen LogP contribution in [0.1, 0.15) is 5.56 Å². The number of nitrogens with one attached hydrogen (secondary N) is 1. The summed E-state index contributed by atoms with van der Waals surface area (Å²) in [5, 5.41) is 2.91. The molecule has 6 nitrogen and oxygen atoms in total. The average Bonchev–Trinajstić information content (AvgIpc) is 3.12. The molecular weight excluding hydrogens is 338 g/mol. The van der Waals surface area contributed by atoms with E-state index in [4.69, 9.17) is 0 Å². The number of hydrogen-bond acceptors (Lipinski definition) is 4. The van der Waals surface area contributed by atoms with Gasteiger partial charge in [-0.3, -0.25) is 9.69 Å². The molecule has 0 radical (unpaired) electrons. The third-order valence-corrected chi connectivity index (χ3v) is 6.00. The topological polar surface area (TPSA) is 71.4 Å². The van der Waals surface area contributed by atoms with Crippen LogP contribution in [0.3, 0.4) is 0 Å². The van der Waals surface area contributed by atoms with Crippen molar-refractivity contribution in [2.24, 2.45) is 0 Å². The largest absolute Gasteiger partial charge is 0.355 e. The molecule has 25 heavy (non-hydrogen) atoms. The summed E-state index contributed by atoms with van der Waals surface area (Å²) in [7, 11) is -2.85. The van der Waals surface area contributed by atoms with Gasteiger partial charge in [0.1, 0.15) is 0 Å². The Bertz CT molecular complexity index is 785. The molecule has 1 aliphatic rings. The summed E-state index contributed by atoms with van der Waals surface area (Å²) < 4.78 is 24.8. The van der Waals surface area contributed by atoms with Crippen molar-refractivity contribution in [2.75, 3.05) is 37.7 Å². The standard InChI is InChI=1S/C18H23N3O3S/c22-18(19-7-10-20-11-13-25(23,24)14-12-20)15-16-3-5-17(6-4-16)21-8-1-2-9-21/h1-6,8-9H,7,10-15H2,(H,19,22). The van der Waals surface area contributed by atoms with Crippen molar-refractivity contribution in [2.45, 2.75) is 6.42 Å². The maximum Gasteiger partial charge on any atom is 0.224 e. The smallest absolute Gasteiger partial charge is 0.224 e. The molecule has 1 aromatic carbocycles. The van der Waals surface area contributed by atoms with Crippen LogP contribution in [0.4, 0.5) is 0 Å². The fourth-order valence-electron chi connectivity index (χ4n) is 2.87. The molecule has 134 valence electrons. The molecule has 2 heterocycles. The lowest BCUT2D eigenvalue weighted by atomic mass is 10.1. The minimum absolute atomic E-state index is 0.0154. The van der Waals surface area contributed by atoms with E-state index in [1.165, 1.54) is 0 Å². The molecule has 0 atom stereocenters. The highest BCUT2D eigenvalue weighted by Gasteiger charge is 2.20. The number of amides is 1. The lowest BCUT2D eigenvalue weighted by molar-refractivity contribution is -0.120. The third-order valence-electron chi connectivity index (χ3n) is 4.39. The summed E-state index contributed by atoms with van der Waals surface area (Å²) in [6.07, 6.45) is 4.31. The first kappa shape index (κ1) is 17.7. The number of nitrogens with zero attached hydrogens (tertiary/aromatic N) is 2. The predicted molar refractivity (Wildman–Crippen MR) is 97.6 cm³/mol. The SMILES string of the molecule is O=C(Cc1ccc(-n2cccc2)cc1)NCCN1CCS(=O)(=O)CC1. The van der Waals surface area contributed by atoms with E-state index >= 15 is 0 Å². The first-order valence-electron chi connectivity index (χ1n) is 8.44. The minimum atomic E-state index is -2.85. The van der Waals surface area contributed by atoms with Crippen LogP contribution < -0.4 is 5.32 Å². The zero-order valence-corrected chi connectivity index (χ0v) is 14.9. The first-order chi connectivity index (χ1) is 12.0. The summed E-state index contributed by atoms with van der Waals surface area (Å²) in [4.78, 5) is 14.1. The van der Waals surface area contributed by atoms with Gasteiger partial charge < -0.3 is 9.88 Å². The Morgan fingerprint density at radius 2 is 1.68 bits per heavy atom. The fraction of sp³-hybridized carbons (Fsp3) is 0.389. The van der Waals surface area contributed by atoms with E-state index in [0.29, 0.717) is 32.6 Å². The van der Waals surface area contributed by atoms with Gasteiger partial charge in [-0.1, -0.05) is 12.1 Å². The molecule has 1 aromatic heterocycles. The number of carbonyl (C=O) groups excluding carboxylic acids is 1. The van der Waals surface area contributed by atoms with Crippen molar-refractivity contribution in [1.82, 2.24) is 14.8 Å². The van der Waals surface area contributed by atoms with Gasteiger partial charge in [0.05, 0.1) is 17.9 Å². The zero-order valence-electron chi connectivity index (χ0n) is 14.1. The number of aromatic nitrogens is 1. The van der Waals surface area contributed by atoms with Gasteiger partial charge in [-0.15, -0.1) is 0 Å². The van der Waals surface area contributed by atoms with E-state index in [1.807, 2.05) is 53.4 Å². The molecule has 0 unspecified atom stereocenters. The summed E-state index contributed by atoms with van der Waals surface area (Å²) in [5.74, 6) is 0.418. The van der Waals surface area contributed by atoms with Crippen LogP contribution in [0.2, 0.25) is 0 Å². The molecule has 3 rings (SSSR count). The zero-order chi connectivity index (χ0) is 17.7. The van der Waals surface area contributed by atoms with E-state index in [-0.39, 0.29) is 17.4 Å². The van der Waals surface area contributed by atoms with Gasteiger partial charge in [0.2, 0.25) is 5.91 Å². The second-order valence-electron chi connectivity index (χ2n) is 6.28. The van der Waals surface area contributed by atoms with E-state index in [0.717, 1.165) is 11.3 Å². The highest BCUT2D eigenvalue weighted by Crippen LogP contribution is 2.10. The van der Waals surface area contributed by atoms with Crippen LogP contribution in [-0.2, 0) is 21.1 Å². The van der Waals surface area contributed by atoms with Crippen LogP contribution in [0.5, 0.6) is 0 Å². The molecule has 2 aromatic rings. The average molecular weight is 361 g/mol.